The summed E-state index contributed by atoms with van der Waals surface area (Å²) in [6, 6.07) is 9.61. The van der Waals surface area contributed by atoms with Crippen LogP contribution in [0.25, 0.3) is 6.08 Å². The zero-order valence-electron chi connectivity index (χ0n) is 14.5. The summed E-state index contributed by atoms with van der Waals surface area (Å²) >= 11 is 0. The second-order valence-corrected chi connectivity index (χ2v) is 7.90. The monoisotopic (exact) mass is 357 g/mol. The Bertz CT molecular complexity index is 976. The first-order valence-corrected chi connectivity index (χ1v) is 8.94. The first-order valence-electron chi connectivity index (χ1n) is 7.50. The number of aromatic nitrogens is 1. The van der Waals surface area contributed by atoms with Crippen molar-refractivity contribution >= 4 is 21.9 Å². The first kappa shape index (κ1) is 18.6. The molecule has 0 radical (unpaired) electrons. The number of sulfonamides is 1. The van der Waals surface area contributed by atoms with Crippen molar-refractivity contribution in [2.24, 2.45) is 7.05 Å². The largest absolute Gasteiger partial charge is 0.339 e. The van der Waals surface area contributed by atoms with Crippen LogP contribution in [0.4, 0.5) is 0 Å². The van der Waals surface area contributed by atoms with E-state index in [4.69, 9.17) is 5.26 Å². The maximum absolute atomic E-state index is 12.3. The van der Waals surface area contributed by atoms with Crippen molar-refractivity contribution in [1.82, 2.24) is 8.87 Å². The third kappa shape index (κ3) is 3.71. The summed E-state index contributed by atoms with van der Waals surface area (Å²) in [7, 11) is 1.18. The number of carbonyl (C=O) groups excluding carboxylic acids is 1. The summed E-state index contributed by atoms with van der Waals surface area (Å²) < 4.78 is 26.9. The fraction of sp³-hybridized carbons (Fsp3) is 0.222. The van der Waals surface area contributed by atoms with E-state index in [2.05, 4.69) is 6.07 Å². The van der Waals surface area contributed by atoms with Crippen molar-refractivity contribution in [2.75, 3.05) is 14.1 Å². The quantitative estimate of drug-likeness (QED) is 0.607. The highest BCUT2D eigenvalue weighted by Gasteiger charge is 2.17. The van der Waals surface area contributed by atoms with Crippen LogP contribution in [-0.4, -0.2) is 37.2 Å². The number of rotatable bonds is 5. The van der Waals surface area contributed by atoms with Gasteiger partial charge in [0.25, 0.3) is 0 Å². The van der Waals surface area contributed by atoms with Gasteiger partial charge in [-0.25, -0.2) is 12.7 Å². The van der Waals surface area contributed by atoms with Gasteiger partial charge in [-0.2, -0.15) is 5.26 Å². The van der Waals surface area contributed by atoms with Crippen LogP contribution in [-0.2, 0) is 17.1 Å². The van der Waals surface area contributed by atoms with Crippen LogP contribution in [0.3, 0.4) is 0 Å². The Kier molecular flexibility index (Phi) is 5.26. The lowest BCUT2D eigenvalue weighted by Gasteiger charge is -2.11. The lowest BCUT2D eigenvalue weighted by atomic mass is 10.1. The van der Waals surface area contributed by atoms with Gasteiger partial charge in [-0.3, -0.25) is 4.79 Å². The number of nitrogens with zero attached hydrogens (tertiary/aromatic N) is 3. The summed E-state index contributed by atoms with van der Waals surface area (Å²) in [4.78, 5) is 12.4. The Balaban J connectivity index is 2.24. The highest BCUT2D eigenvalue weighted by Crippen LogP contribution is 2.17. The van der Waals surface area contributed by atoms with E-state index in [1.54, 1.807) is 23.8 Å². The predicted molar refractivity (Wildman–Crippen MR) is 95.5 cm³/mol. The van der Waals surface area contributed by atoms with E-state index in [1.807, 2.05) is 6.92 Å². The Morgan fingerprint density at radius 1 is 1.24 bits per heavy atom. The first-order chi connectivity index (χ1) is 11.7. The molecule has 0 aliphatic heterocycles. The van der Waals surface area contributed by atoms with Crippen molar-refractivity contribution in [3.8, 4) is 6.07 Å². The van der Waals surface area contributed by atoms with E-state index < -0.39 is 10.0 Å². The van der Waals surface area contributed by atoms with Crippen molar-refractivity contribution < 1.29 is 13.2 Å². The molecule has 0 N–H and O–H groups in total. The molecule has 0 spiro atoms. The maximum atomic E-state index is 12.3. The van der Waals surface area contributed by atoms with Crippen molar-refractivity contribution in [2.45, 2.75) is 11.8 Å². The molecule has 1 heterocycles. The predicted octanol–water partition coefficient (Wildman–Crippen LogP) is 2.35. The van der Waals surface area contributed by atoms with Gasteiger partial charge in [0.05, 0.1) is 4.90 Å². The molecule has 0 unspecified atom stereocenters. The highest BCUT2D eigenvalue weighted by molar-refractivity contribution is 7.89. The number of allylic oxidation sites excluding steroid dienone is 1. The van der Waals surface area contributed by atoms with Crippen molar-refractivity contribution in [3.63, 3.8) is 0 Å². The molecule has 25 heavy (non-hydrogen) atoms. The van der Waals surface area contributed by atoms with Crippen LogP contribution in [0.15, 0.2) is 41.3 Å². The zero-order valence-corrected chi connectivity index (χ0v) is 15.3. The molecule has 2 aromatic rings. The van der Waals surface area contributed by atoms with Crippen LogP contribution in [0.1, 0.15) is 27.3 Å². The van der Waals surface area contributed by atoms with Gasteiger partial charge < -0.3 is 4.57 Å². The topological polar surface area (TPSA) is 83.2 Å². The Hall–Kier alpha value is -2.69. The van der Waals surface area contributed by atoms with E-state index >= 15 is 0 Å². The minimum atomic E-state index is -3.51. The van der Waals surface area contributed by atoms with Gasteiger partial charge in [0, 0.05) is 32.4 Å². The molecule has 130 valence electrons. The molecule has 0 saturated carbocycles. The fourth-order valence-corrected chi connectivity index (χ4v) is 3.16. The van der Waals surface area contributed by atoms with Gasteiger partial charge >= 0.3 is 0 Å². The third-order valence-corrected chi connectivity index (χ3v) is 5.85. The summed E-state index contributed by atoms with van der Waals surface area (Å²) in [5, 5.41) is 9.03. The Morgan fingerprint density at radius 2 is 1.84 bits per heavy atom. The van der Waals surface area contributed by atoms with E-state index in [9.17, 15) is 13.2 Å². The lowest BCUT2D eigenvalue weighted by Crippen LogP contribution is -2.22. The number of hydrogen-bond donors (Lipinski definition) is 0. The van der Waals surface area contributed by atoms with Gasteiger partial charge in [-0.05, 0) is 55.0 Å². The molecule has 0 bridgehead atoms. The van der Waals surface area contributed by atoms with Gasteiger partial charge in [0.1, 0.15) is 11.8 Å². The molecule has 0 aliphatic carbocycles. The molecule has 0 amide bonds. The van der Waals surface area contributed by atoms with Crippen LogP contribution >= 0.6 is 0 Å². The molecule has 0 saturated heterocycles. The molecule has 0 fully saturated rings. The summed E-state index contributed by atoms with van der Waals surface area (Å²) in [6.45, 7) is 1.87. The van der Waals surface area contributed by atoms with E-state index in [0.717, 1.165) is 15.6 Å². The third-order valence-electron chi connectivity index (χ3n) is 4.02. The summed E-state index contributed by atoms with van der Waals surface area (Å²) in [6.07, 6.45) is 3.07. The van der Waals surface area contributed by atoms with Gasteiger partial charge in [0.15, 0.2) is 5.78 Å². The van der Waals surface area contributed by atoms with Crippen LogP contribution in [0.2, 0.25) is 0 Å². The smallest absolute Gasteiger partial charge is 0.242 e. The number of benzene rings is 1. The average molecular weight is 357 g/mol. The standard InChI is InChI=1S/C18H19N3O3S/c1-13-15(11-16(12-19)21(13)4)7-10-18(22)14-5-8-17(9-6-14)25(23,24)20(2)3/h5-11H,1-4H3/b10-7+. The van der Waals surface area contributed by atoms with E-state index in [-0.39, 0.29) is 10.7 Å². The van der Waals surface area contributed by atoms with Crippen LogP contribution in [0, 0.1) is 18.3 Å². The average Bonchev–Trinajstić information content (AvgIpc) is 2.87. The fourth-order valence-electron chi connectivity index (χ4n) is 2.26. The maximum Gasteiger partial charge on any atom is 0.242 e. The van der Waals surface area contributed by atoms with E-state index in [0.29, 0.717) is 11.3 Å². The van der Waals surface area contributed by atoms with E-state index in [1.165, 1.54) is 44.4 Å². The zero-order chi connectivity index (χ0) is 18.8. The van der Waals surface area contributed by atoms with Crippen LogP contribution < -0.4 is 0 Å². The van der Waals surface area contributed by atoms with Gasteiger partial charge in [-0.1, -0.05) is 0 Å². The molecule has 0 aliphatic rings. The molecule has 1 aromatic heterocycles. The number of ketones is 1. The number of carbonyl (C=O) groups is 1. The number of nitriles is 1. The second kappa shape index (κ2) is 7.05. The summed E-state index contributed by atoms with van der Waals surface area (Å²) in [5.74, 6) is -0.240. The molecular weight excluding hydrogens is 338 g/mol. The molecule has 0 atom stereocenters. The van der Waals surface area contributed by atoms with Crippen molar-refractivity contribution in [1.29, 1.82) is 5.26 Å². The molecule has 1 aromatic carbocycles. The molecule has 6 nitrogen and oxygen atoms in total. The van der Waals surface area contributed by atoms with Gasteiger partial charge in [0.2, 0.25) is 10.0 Å². The van der Waals surface area contributed by atoms with Crippen molar-refractivity contribution in [3.05, 3.63) is 58.9 Å². The lowest BCUT2D eigenvalue weighted by molar-refractivity contribution is 0.104. The Morgan fingerprint density at radius 3 is 2.32 bits per heavy atom. The minimum absolute atomic E-state index is 0.135. The highest BCUT2D eigenvalue weighted by atomic mass is 32.2. The van der Waals surface area contributed by atoms with Crippen LogP contribution in [0.5, 0.6) is 0 Å². The Labute approximate surface area is 147 Å². The molecule has 7 heteroatoms. The second-order valence-electron chi connectivity index (χ2n) is 5.75. The normalized spacial score (nSPS) is 11.8. The molecule has 2 rings (SSSR count). The minimum Gasteiger partial charge on any atom is -0.339 e. The molecular formula is C18H19N3O3S. The number of hydrogen-bond acceptors (Lipinski definition) is 4. The van der Waals surface area contributed by atoms with Gasteiger partial charge in [-0.15, -0.1) is 0 Å². The summed E-state index contributed by atoms with van der Waals surface area (Å²) in [5.41, 5.74) is 2.58. The SMILES string of the molecule is Cc1c(/C=C/C(=O)c2ccc(S(=O)(=O)N(C)C)cc2)cc(C#N)n1C.